The first kappa shape index (κ1) is 12.9. The quantitative estimate of drug-likeness (QED) is 0.828. The van der Waals surface area contributed by atoms with Crippen LogP contribution in [-0.2, 0) is 6.54 Å². The van der Waals surface area contributed by atoms with Crippen LogP contribution in [0.5, 0.6) is 0 Å². The fourth-order valence-electron chi connectivity index (χ4n) is 1.85. The molecule has 1 aromatic carbocycles. The standard InChI is InChI=1S/C13H13FN2O3/c1-16(7-8-3-2-6-19-8)10-5-4-9(14)12(15)11(10)13(17)18/h2-6H,7,15H2,1H3,(H,17,18). The molecule has 0 unspecified atom stereocenters. The molecular formula is C13H13FN2O3. The van der Waals surface area contributed by atoms with Crippen molar-refractivity contribution in [1.82, 2.24) is 0 Å². The first-order valence-electron chi connectivity index (χ1n) is 5.55. The Bertz CT molecular complexity index is 596. The fourth-order valence-corrected chi connectivity index (χ4v) is 1.85. The molecule has 100 valence electrons. The third kappa shape index (κ3) is 2.52. The van der Waals surface area contributed by atoms with Gasteiger partial charge >= 0.3 is 5.97 Å². The summed E-state index contributed by atoms with van der Waals surface area (Å²) in [5.74, 6) is -1.34. The summed E-state index contributed by atoms with van der Waals surface area (Å²) in [6.07, 6.45) is 1.53. The summed E-state index contributed by atoms with van der Waals surface area (Å²) in [5.41, 5.74) is 5.22. The number of halogens is 1. The topological polar surface area (TPSA) is 79.7 Å². The van der Waals surface area contributed by atoms with Gasteiger partial charge < -0.3 is 20.2 Å². The third-order valence-corrected chi connectivity index (χ3v) is 2.77. The zero-order valence-electron chi connectivity index (χ0n) is 10.3. The van der Waals surface area contributed by atoms with Gasteiger partial charge in [0.25, 0.3) is 0 Å². The second-order valence-electron chi connectivity index (χ2n) is 4.10. The normalized spacial score (nSPS) is 10.4. The molecule has 0 radical (unpaired) electrons. The molecule has 2 rings (SSSR count). The number of rotatable bonds is 4. The summed E-state index contributed by atoms with van der Waals surface area (Å²) in [6, 6.07) is 6.04. The number of furan rings is 1. The zero-order valence-corrected chi connectivity index (χ0v) is 10.3. The van der Waals surface area contributed by atoms with Crippen LogP contribution >= 0.6 is 0 Å². The predicted octanol–water partition coefficient (Wildman–Crippen LogP) is 2.34. The summed E-state index contributed by atoms with van der Waals surface area (Å²) in [6.45, 7) is 0.359. The molecule has 0 fully saturated rings. The van der Waals surface area contributed by atoms with Crippen molar-refractivity contribution in [2.24, 2.45) is 0 Å². The minimum absolute atomic E-state index is 0.242. The first-order chi connectivity index (χ1) is 9.00. The molecule has 5 nitrogen and oxygen atoms in total. The Morgan fingerprint density at radius 3 is 2.79 bits per heavy atom. The first-order valence-corrected chi connectivity index (χ1v) is 5.55. The number of carboxylic acids is 1. The molecule has 0 aliphatic heterocycles. The van der Waals surface area contributed by atoms with Gasteiger partial charge in [-0.2, -0.15) is 0 Å². The lowest BCUT2D eigenvalue weighted by Gasteiger charge is -2.21. The van der Waals surface area contributed by atoms with Crippen molar-refractivity contribution in [2.45, 2.75) is 6.54 Å². The average Bonchev–Trinajstić information content (AvgIpc) is 2.84. The molecule has 0 spiro atoms. The van der Waals surface area contributed by atoms with Crippen LogP contribution in [-0.4, -0.2) is 18.1 Å². The van der Waals surface area contributed by atoms with Crippen LogP contribution in [0.4, 0.5) is 15.8 Å². The van der Waals surface area contributed by atoms with Gasteiger partial charge in [-0.1, -0.05) is 0 Å². The third-order valence-electron chi connectivity index (χ3n) is 2.77. The maximum absolute atomic E-state index is 13.3. The number of anilines is 2. The molecule has 0 bridgehead atoms. The molecule has 1 aromatic heterocycles. The van der Waals surface area contributed by atoms with E-state index in [1.807, 2.05) is 0 Å². The van der Waals surface area contributed by atoms with E-state index in [1.54, 1.807) is 24.1 Å². The van der Waals surface area contributed by atoms with Gasteiger partial charge in [0.05, 0.1) is 24.2 Å². The molecule has 19 heavy (non-hydrogen) atoms. The number of hydrogen-bond acceptors (Lipinski definition) is 4. The highest BCUT2D eigenvalue weighted by Gasteiger charge is 2.20. The Morgan fingerprint density at radius 2 is 2.21 bits per heavy atom. The van der Waals surface area contributed by atoms with Crippen molar-refractivity contribution in [3.05, 3.63) is 47.7 Å². The van der Waals surface area contributed by atoms with E-state index in [0.717, 1.165) is 6.07 Å². The van der Waals surface area contributed by atoms with Crippen LogP contribution in [0.25, 0.3) is 0 Å². The molecule has 0 aliphatic carbocycles. The van der Waals surface area contributed by atoms with Crippen LogP contribution in [0.2, 0.25) is 0 Å². The largest absolute Gasteiger partial charge is 0.478 e. The Morgan fingerprint density at radius 1 is 1.47 bits per heavy atom. The van der Waals surface area contributed by atoms with E-state index >= 15 is 0 Å². The number of nitrogen functional groups attached to an aromatic ring is 1. The van der Waals surface area contributed by atoms with Gasteiger partial charge in [0, 0.05) is 7.05 Å². The van der Waals surface area contributed by atoms with E-state index in [0.29, 0.717) is 18.0 Å². The number of carbonyl (C=O) groups is 1. The number of carboxylic acid groups (broad SMARTS) is 1. The van der Waals surface area contributed by atoms with Crippen molar-refractivity contribution in [3.8, 4) is 0 Å². The van der Waals surface area contributed by atoms with Crippen molar-refractivity contribution in [3.63, 3.8) is 0 Å². The highest BCUT2D eigenvalue weighted by molar-refractivity contribution is 6.00. The Hall–Kier alpha value is -2.50. The lowest BCUT2D eigenvalue weighted by molar-refractivity contribution is 0.0698. The van der Waals surface area contributed by atoms with Crippen LogP contribution in [0.15, 0.2) is 34.9 Å². The lowest BCUT2D eigenvalue weighted by atomic mass is 10.1. The minimum atomic E-state index is -1.27. The van der Waals surface area contributed by atoms with E-state index < -0.39 is 11.8 Å². The molecule has 6 heteroatoms. The van der Waals surface area contributed by atoms with Gasteiger partial charge in [0.15, 0.2) is 0 Å². The van der Waals surface area contributed by atoms with E-state index in [2.05, 4.69) is 0 Å². The lowest BCUT2D eigenvalue weighted by Crippen LogP contribution is -2.20. The van der Waals surface area contributed by atoms with Crippen molar-refractivity contribution < 1.29 is 18.7 Å². The maximum atomic E-state index is 13.3. The number of nitrogens with zero attached hydrogens (tertiary/aromatic N) is 1. The summed E-state index contributed by atoms with van der Waals surface area (Å²) >= 11 is 0. The second-order valence-corrected chi connectivity index (χ2v) is 4.10. The highest BCUT2D eigenvalue weighted by Crippen LogP contribution is 2.28. The van der Waals surface area contributed by atoms with Crippen LogP contribution < -0.4 is 10.6 Å². The predicted molar refractivity (Wildman–Crippen MR) is 68.6 cm³/mol. The number of aromatic carboxylic acids is 1. The fraction of sp³-hybridized carbons (Fsp3) is 0.154. The average molecular weight is 264 g/mol. The maximum Gasteiger partial charge on any atom is 0.340 e. The molecule has 1 heterocycles. The Labute approximate surface area is 109 Å². The monoisotopic (exact) mass is 264 g/mol. The summed E-state index contributed by atoms with van der Waals surface area (Å²) in [4.78, 5) is 12.8. The van der Waals surface area contributed by atoms with Crippen molar-refractivity contribution in [2.75, 3.05) is 17.7 Å². The molecule has 2 aromatic rings. The number of hydrogen-bond donors (Lipinski definition) is 2. The Balaban J connectivity index is 2.38. The molecule has 0 atom stereocenters. The second kappa shape index (κ2) is 5.01. The molecular weight excluding hydrogens is 251 g/mol. The molecule has 0 saturated carbocycles. The van der Waals surface area contributed by atoms with Crippen LogP contribution in [0.1, 0.15) is 16.1 Å². The summed E-state index contributed by atoms with van der Waals surface area (Å²) in [5, 5.41) is 9.15. The van der Waals surface area contributed by atoms with Crippen LogP contribution in [0.3, 0.4) is 0 Å². The van der Waals surface area contributed by atoms with Gasteiger partial charge in [-0.25, -0.2) is 9.18 Å². The van der Waals surface area contributed by atoms with Gasteiger partial charge in [-0.3, -0.25) is 0 Å². The zero-order chi connectivity index (χ0) is 14.0. The number of nitrogens with two attached hydrogens (primary N) is 1. The molecule has 3 N–H and O–H groups in total. The summed E-state index contributed by atoms with van der Waals surface area (Å²) < 4.78 is 18.5. The van der Waals surface area contributed by atoms with Gasteiger partial charge in [-0.05, 0) is 24.3 Å². The van der Waals surface area contributed by atoms with Crippen molar-refractivity contribution in [1.29, 1.82) is 0 Å². The Kier molecular flexibility index (Phi) is 3.41. The molecule has 0 aliphatic rings. The molecule has 0 amide bonds. The van der Waals surface area contributed by atoms with E-state index in [-0.39, 0.29) is 11.3 Å². The molecule has 0 saturated heterocycles. The van der Waals surface area contributed by atoms with Crippen LogP contribution in [0, 0.1) is 5.82 Å². The summed E-state index contributed by atoms with van der Waals surface area (Å²) in [7, 11) is 1.68. The SMILES string of the molecule is CN(Cc1ccco1)c1ccc(F)c(N)c1C(=O)O. The van der Waals surface area contributed by atoms with Gasteiger partial charge in [0.2, 0.25) is 0 Å². The van der Waals surface area contributed by atoms with E-state index in [9.17, 15) is 9.18 Å². The smallest absolute Gasteiger partial charge is 0.340 e. The van der Waals surface area contributed by atoms with Gasteiger partial charge in [0.1, 0.15) is 17.1 Å². The minimum Gasteiger partial charge on any atom is -0.478 e. The van der Waals surface area contributed by atoms with E-state index in [4.69, 9.17) is 15.3 Å². The van der Waals surface area contributed by atoms with Crippen molar-refractivity contribution >= 4 is 17.3 Å². The number of benzene rings is 1. The van der Waals surface area contributed by atoms with Gasteiger partial charge in [-0.15, -0.1) is 0 Å². The highest BCUT2D eigenvalue weighted by atomic mass is 19.1. The van der Waals surface area contributed by atoms with E-state index in [1.165, 1.54) is 12.3 Å².